The van der Waals surface area contributed by atoms with Gasteiger partial charge in [-0.2, -0.15) is 0 Å². The quantitative estimate of drug-likeness (QED) is 0.807. The molecule has 0 saturated heterocycles. The van der Waals surface area contributed by atoms with E-state index in [1.807, 2.05) is 42.5 Å². The number of fused-ring (bicyclic) bond motifs is 1. The molecule has 102 valence electrons. The van der Waals surface area contributed by atoms with Crippen LogP contribution in [0.25, 0.3) is 0 Å². The molecule has 3 rings (SSSR count). The molecule has 20 heavy (non-hydrogen) atoms. The van der Waals surface area contributed by atoms with Gasteiger partial charge in [-0.25, -0.2) is 0 Å². The zero-order valence-corrected chi connectivity index (χ0v) is 12.1. The summed E-state index contributed by atoms with van der Waals surface area (Å²) < 4.78 is 16.8. The van der Waals surface area contributed by atoms with E-state index in [-0.39, 0.29) is 6.10 Å². The molecule has 0 fully saturated rings. The Morgan fingerprint density at radius 2 is 1.60 bits per heavy atom. The van der Waals surface area contributed by atoms with Crippen LogP contribution in [0.1, 0.15) is 22.8 Å². The van der Waals surface area contributed by atoms with Crippen LogP contribution < -0.4 is 9.47 Å². The molecule has 0 N–H and O–H groups in total. The van der Waals surface area contributed by atoms with E-state index in [1.165, 1.54) is 0 Å². The lowest BCUT2D eigenvalue weighted by molar-refractivity contribution is 0.243. The second-order valence-electron chi connectivity index (χ2n) is 4.45. The van der Waals surface area contributed by atoms with Gasteiger partial charge in [-0.05, 0) is 30.4 Å². The van der Waals surface area contributed by atoms with E-state index in [0.717, 1.165) is 28.2 Å². The molecule has 0 amide bonds. The smallest absolute Gasteiger partial charge is 0.192 e. The molecule has 0 radical (unpaired) electrons. The Bertz CT molecular complexity index is 644. The van der Waals surface area contributed by atoms with E-state index in [4.69, 9.17) is 26.4 Å². The lowest BCUT2D eigenvalue weighted by Crippen LogP contribution is -2.05. The topological polar surface area (TPSA) is 27.7 Å². The normalized spacial score (nSPS) is 16.5. The van der Waals surface area contributed by atoms with E-state index in [1.54, 1.807) is 14.2 Å². The van der Waals surface area contributed by atoms with Crippen LogP contribution in [0.3, 0.4) is 0 Å². The highest BCUT2D eigenvalue weighted by Gasteiger charge is 2.33. The molecule has 3 nitrogen and oxygen atoms in total. The molecule has 0 saturated carbocycles. The van der Waals surface area contributed by atoms with Crippen molar-refractivity contribution < 1.29 is 14.2 Å². The van der Waals surface area contributed by atoms with Gasteiger partial charge in [0.05, 0.1) is 19.8 Å². The summed E-state index contributed by atoms with van der Waals surface area (Å²) in [6.07, 6.45) is -0.287. The van der Waals surface area contributed by atoms with Crippen LogP contribution in [0.5, 0.6) is 11.5 Å². The summed E-state index contributed by atoms with van der Waals surface area (Å²) in [4.78, 5) is 0. The lowest BCUT2D eigenvalue weighted by Gasteiger charge is -2.18. The molecule has 2 aromatic rings. The number of rotatable bonds is 3. The molecule has 0 aliphatic carbocycles. The summed E-state index contributed by atoms with van der Waals surface area (Å²) in [5.41, 5.74) is 2.87. The summed E-state index contributed by atoms with van der Waals surface area (Å²) >= 11 is 5.31. The Kier molecular flexibility index (Phi) is 3.32. The molecule has 4 heteroatoms. The Hall–Kier alpha value is -2.07. The van der Waals surface area contributed by atoms with Crippen molar-refractivity contribution in [3.63, 3.8) is 0 Å². The van der Waals surface area contributed by atoms with Crippen molar-refractivity contribution in [2.45, 2.75) is 6.10 Å². The van der Waals surface area contributed by atoms with E-state index in [2.05, 4.69) is 0 Å². The van der Waals surface area contributed by atoms with Gasteiger partial charge in [-0.3, -0.25) is 0 Å². The summed E-state index contributed by atoms with van der Waals surface area (Å²) in [6, 6.07) is 13.6. The molecular formula is C16H14O3S. The van der Waals surface area contributed by atoms with E-state index < -0.39 is 0 Å². The molecule has 1 unspecified atom stereocenters. The van der Waals surface area contributed by atoms with Crippen LogP contribution in [0, 0.1) is 0 Å². The third kappa shape index (κ3) is 1.93. The number of thiocarbonyl (C=S) groups is 1. The third-order valence-corrected chi connectivity index (χ3v) is 3.73. The number of benzene rings is 2. The van der Waals surface area contributed by atoms with E-state index in [0.29, 0.717) is 5.05 Å². The van der Waals surface area contributed by atoms with Gasteiger partial charge in [0.25, 0.3) is 0 Å². The fourth-order valence-corrected chi connectivity index (χ4v) is 2.78. The zero-order valence-electron chi connectivity index (χ0n) is 11.3. The van der Waals surface area contributed by atoms with Gasteiger partial charge in [0.1, 0.15) is 11.5 Å². The van der Waals surface area contributed by atoms with Crippen molar-refractivity contribution in [2.24, 2.45) is 0 Å². The maximum absolute atomic E-state index is 5.87. The predicted molar refractivity (Wildman–Crippen MR) is 80.6 cm³/mol. The maximum atomic E-state index is 5.87. The van der Waals surface area contributed by atoms with Crippen LogP contribution in [0.2, 0.25) is 0 Å². The molecule has 1 aliphatic rings. The summed E-state index contributed by atoms with van der Waals surface area (Å²) in [7, 11) is 3.27. The minimum Gasteiger partial charge on any atom is -0.496 e. The summed E-state index contributed by atoms with van der Waals surface area (Å²) in [5, 5.41) is 0.513. The van der Waals surface area contributed by atoms with Crippen LogP contribution >= 0.6 is 12.2 Å². The number of ether oxygens (including phenoxy) is 3. The highest BCUT2D eigenvalue weighted by molar-refractivity contribution is 7.80. The molecule has 2 aromatic carbocycles. The first-order valence-corrected chi connectivity index (χ1v) is 6.68. The molecule has 0 bridgehead atoms. The van der Waals surface area contributed by atoms with Gasteiger partial charge in [-0.15, -0.1) is 0 Å². The van der Waals surface area contributed by atoms with Crippen molar-refractivity contribution in [3.05, 3.63) is 59.2 Å². The second-order valence-corrected chi connectivity index (χ2v) is 4.82. The first-order valence-electron chi connectivity index (χ1n) is 6.27. The van der Waals surface area contributed by atoms with Crippen LogP contribution in [-0.2, 0) is 4.74 Å². The number of methoxy groups -OCH3 is 2. The van der Waals surface area contributed by atoms with Crippen LogP contribution in [0.15, 0.2) is 42.5 Å². The summed E-state index contributed by atoms with van der Waals surface area (Å²) in [6.45, 7) is 0. The molecule has 0 spiro atoms. The fourth-order valence-electron chi connectivity index (χ4n) is 2.50. The monoisotopic (exact) mass is 286 g/mol. The van der Waals surface area contributed by atoms with Gasteiger partial charge in [0.2, 0.25) is 0 Å². The maximum Gasteiger partial charge on any atom is 0.192 e. The average Bonchev–Trinajstić information content (AvgIpc) is 2.83. The van der Waals surface area contributed by atoms with Crippen molar-refractivity contribution in [2.75, 3.05) is 14.2 Å². The number of hydrogen-bond acceptors (Lipinski definition) is 4. The first-order chi connectivity index (χ1) is 9.76. The Labute approximate surface area is 123 Å². The molecule has 1 heterocycles. The minimum atomic E-state index is -0.287. The standard InChI is InChI=1S/C16H14O3S/c1-17-12-8-5-9-13(18-2)14(12)15-10-6-3-4-7-11(10)16(20)19-15/h3-9,15H,1-2H3. The van der Waals surface area contributed by atoms with Crippen molar-refractivity contribution in [1.82, 2.24) is 0 Å². The van der Waals surface area contributed by atoms with Gasteiger partial charge in [0, 0.05) is 11.1 Å². The van der Waals surface area contributed by atoms with E-state index in [9.17, 15) is 0 Å². The van der Waals surface area contributed by atoms with Gasteiger partial charge in [0.15, 0.2) is 11.2 Å². The molecule has 0 aromatic heterocycles. The largest absolute Gasteiger partial charge is 0.496 e. The summed E-state index contributed by atoms with van der Waals surface area (Å²) in [5.74, 6) is 1.46. The Morgan fingerprint density at radius 1 is 0.950 bits per heavy atom. The predicted octanol–water partition coefficient (Wildman–Crippen LogP) is 3.50. The zero-order chi connectivity index (χ0) is 14.1. The molecule has 1 atom stereocenters. The minimum absolute atomic E-state index is 0.287. The highest BCUT2D eigenvalue weighted by atomic mass is 32.1. The average molecular weight is 286 g/mol. The SMILES string of the molecule is COc1cccc(OC)c1C1OC(=S)c2ccccc21. The lowest BCUT2D eigenvalue weighted by atomic mass is 9.98. The Morgan fingerprint density at radius 3 is 2.25 bits per heavy atom. The van der Waals surface area contributed by atoms with Gasteiger partial charge < -0.3 is 14.2 Å². The van der Waals surface area contributed by atoms with Crippen molar-refractivity contribution in [1.29, 1.82) is 0 Å². The van der Waals surface area contributed by atoms with Crippen LogP contribution in [0.4, 0.5) is 0 Å². The van der Waals surface area contributed by atoms with Crippen LogP contribution in [-0.4, -0.2) is 19.3 Å². The first kappa shape index (κ1) is 12.9. The number of hydrogen-bond donors (Lipinski definition) is 0. The third-order valence-electron chi connectivity index (χ3n) is 3.42. The van der Waals surface area contributed by atoms with Gasteiger partial charge in [-0.1, -0.05) is 24.3 Å². The van der Waals surface area contributed by atoms with Gasteiger partial charge >= 0.3 is 0 Å². The molecule has 1 aliphatic heterocycles. The molecular weight excluding hydrogens is 272 g/mol. The highest BCUT2D eigenvalue weighted by Crippen LogP contribution is 2.44. The van der Waals surface area contributed by atoms with Crippen molar-refractivity contribution in [3.8, 4) is 11.5 Å². The second kappa shape index (κ2) is 5.13. The van der Waals surface area contributed by atoms with E-state index >= 15 is 0 Å². The fraction of sp³-hybridized carbons (Fsp3) is 0.188. The Balaban J connectivity index is 2.18. The van der Waals surface area contributed by atoms with Crippen molar-refractivity contribution >= 4 is 17.3 Å².